The molecule has 6 rings (SSSR count). The standard InChI is InChI=1S/C43H47F3N6O8S/c1-30(61-35-24-56-41(57-25-35)8-4-3-7-32-10-9-31(23-47)21-37(32)45)43(26-52-28-48-27-49-52,36-12-11-33(44)22-38(36)46)60-42(55)59-29-58-40(54)14-13-39(53)51-19-15-34(16-20-51)50-17-5-2-6-18-50/h3-4,7-14,21-22,27-28,30,34-35,41H,2,5-6,15-20,24-26,29H2,1H3. The van der Waals surface area contributed by atoms with Gasteiger partial charge in [0.25, 0.3) is 0 Å². The SMILES string of the molecule is CC(SC1COC(C=CC=Cc2ccc(C#N)cc2F)OC1)C(Cn1cncn1)(OC(=O)OCOC(=O)C=CC(=O)N1CCC(N2CCCCC2)CC1)c1ccc(F)cc1F. The molecule has 18 heteroatoms. The van der Waals surface area contributed by atoms with Gasteiger partial charge in [-0.05, 0) is 76.0 Å². The number of carbonyl (C=O) groups is 3. The molecule has 0 radical (unpaired) electrons. The minimum absolute atomic E-state index is 0.163. The average molecular weight is 865 g/mol. The number of ether oxygens (including phenoxy) is 5. The fourth-order valence-electron chi connectivity index (χ4n) is 7.47. The fraction of sp³-hybridized carbons (Fsp3) is 0.442. The largest absolute Gasteiger partial charge is 0.512 e. The van der Waals surface area contributed by atoms with Crippen LogP contribution < -0.4 is 0 Å². The third-order valence-corrected chi connectivity index (χ3v) is 12.1. The number of piperidine rings is 2. The molecule has 0 saturated carbocycles. The first-order chi connectivity index (χ1) is 29.5. The summed E-state index contributed by atoms with van der Waals surface area (Å²) in [4.78, 5) is 46.8. The molecule has 1 amide bonds. The number of rotatable bonds is 15. The number of nitrogens with zero attached hydrogens (tertiary/aromatic N) is 6. The van der Waals surface area contributed by atoms with Crippen LogP contribution in [0.3, 0.4) is 0 Å². The van der Waals surface area contributed by atoms with Crippen molar-refractivity contribution in [3.8, 4) is 6.07 Å². The molecule has 3 aromatic rings. The smallest absolute Gasteiger partial charge is 0.425 e. The molecular formula is C43H47F3N6O8S. The molecule has 14 nitrogen and oxygen atoms in total. The molecule has 2 atom stereocenters. The van der Waals surface area contributed by atoms with Gasteiger partial charge in [0, 0.05) is 53.7 Å². The maximum Gasteiger partial charge on any atom is 0.512 e. The Bertz CT molecular complexity index is 2090. The fourth-order valence-corrected chi connectivity index (χ4v) is 8.83. The van der Waals surface area contributed by atoms with E-state index >= 15 is 4.39 Å². The summed E-state index contributed by atoms with van der Waals surface area (Å²) in [5.74, 6) is -3.66. The number of esters is 1. The van der Waals surface area contributed by atoms with Crippen molar-refractivity contribution in [1.82, 2.24) is 24.6 Å². The van der Waals surface area contributed by atoms with E-state index in [0.29, 0.717) is 30.8 Å². The van der Waals surface area contributed by atoms with Gasteiger partial charge in [0.2, 0.25) is 12.7 Å². The minimum Gasteiger partial charge on any atom is -0.425 e. The van der Waals surface area contributed by atoms with Crippen molar-refractivity contribution < 1.29 is 51.2 Å². The highest BCUT2D eigenvalue weighted by molar-refractivity contribution is 8.00. The monoisotopic (exact) mass is 864 g/mol. The van der Waals surface area contributed by atoms with Crippen molar-refractivity contribution in [2.45, 2.75) is 74.0 Å². The van der Waals surface area contributed by atoms with Crippen LogP contribution in [0.4, 0.5) is 18.0 Å². The Labute approximate surface area is 355 Å². The molecule has 2 unspecified atom stereocenters. The van der Waals surface area contributed by atoms with Crippen molar-refractivity contribution in [2.24, 2.45) is 0 Å². The van der Waals surface area contributed by atoms with E-state index in [1.54, 1.807) is 30.1 Å². The molecule has 3 fully saturated rings. The maximum absolute atomic E-state index is 15.7. The quantitative estimate of drug-likeness (QED) is 0.0728. The molecule has 0 spiro atoms. The van der Waals surface area contributed by atoms with Crippen LogP contribution in [0.2, 0.25) is 0 Å². The number of hydrogen-bond acceptors (Lipinski definition) is 13. The minimum atomic E-state index is -1.91. The number of hydrogen-bond donors (Lipinski definition) is 0. The lowest BCUT2D eigenvalue weighted by Gasteiger charge is -2.40. The third-order valence-electron chi connectivity index (χ3n) is 10.7. The van der Waals surface area contributed by atoms with Crippen LogP contribution in [0.1, 0.15) is 55.7 Å². The molecule has 1 aromatic heterocycles. The molecule has 3 aliphatic heterocycles. The van der Waals surface area contributed by atoms with Crippen molar-refractivity contribution in [3.05, 3.63) is 114 Å². The Morgan fingerprint density at radius 1 is 0.984 bits per heavy atom. The van der Waals surface area contributed by atoms with Crippen LogP contribution in [0.5, 0.6) is 0 Å². The first-order valence-corrected chi connectivity index (χ1v) is 20.9. The lowest BCUT2D eigenvalue weighted by molar-refractivity contribution is -0.149. The topological polar surface area (TPSA) is 158 Å². The van der Waals surface area contributed by atoms with Gasteiger partial charge >= 0.3 is 12.1 Å². The number of nitriles is 1. The summed E-state index contributed by atoms with van der Waals surface area (Å²) in [6.07, 6.45) is 14.4. The molecular weight excluding hydrogens is 818 g/mol. The van der Waals surface area contributed by atoms with Gasteiger partial charge < -0.3 is 33.5 Å². The number of halogens is 3. The molecule has 324 valence electrons. The number of likely N-dealkylation sites (tertiary alicyclic amines) is 2. The Kier molecular flexibility index (Phi) is 16.1. The van der Waals surface area contributed by atoms with Crippen LogP contribution >= 0.6 is 11.8 Å². The number of thioether (sulfide) groups is 1. The van der Waals surface area contributed by atoms with Crippen molar-refractivity contribution >= 4 is 35.9 Å². The Hall–Kier alpha value is -5.48. The van der Waals surface area contributed by atoms with Gasteiger partial charge in [-0.15, -0.1) is 11.8 Å². The molecule has 4 heterocycles. The Balaban J connectivity index is 1.05. The number of allylic oxidation sites excluding steroid dienone is 2. The van der Waals surface area contributed by atoms with Crippen molar-refractivity contribution in [1.29, 1.82) is 5.26 Å². The van der Waals surface area contributed by atoms with E-state index in [9.17, 15) is 23.2 Å². The van der Waals surface area contributed by atoms with E-state index in [-0.39, 0.29) is 42.0 Å². The van der Waals surface area contributed by atoms with E-state index < -0.39 is 53.5 Å². The Morgan fingerprint density at radius 3 is 2.44 bits per heavy atom. The highest BCUT2D eigenvalue weighted by atomic mass is 32.2. The lowest BCUT2D eigenvalue weighted by atomic mass is 9.89. The van der Waals surface area contributed by atoms with Crippen LogP contribution in [-0.2, 0) is 45.4 Å². The first-order valence-electron chi connectivity index (χ1n) is 20.0. The molecule has 0 aliphatic carbocycles. The zero-order valence-electron chi connectivity index (χ0n) is 33.6. The molecule has 3 saturated heterocycles. The van der Waals surface area contributed by atoms with Crippen molar-refractivity contribution in [2.75, 3.05) is 46.2 Å². The summed E-state index contributed by atoms with van der Waals surface area (Å²) >= 11 is 1.25. The van der Waals surface area contributed by atoms with E-state index in [4.69, 9.17) is 28.9 Å². The van der Waals surface area contributed by atoms with Crippen LogP contribution in [0.25, 0.3) is 6.08 Å². The Morgan fingerprint density at radius 2 is 1.75 bits per heavy atom. The predicted octanol–water partition coefficient (Wildman–Crippen LogP) is 6.28. The highest BCUT2D eigenvalue weighted by Gasteiger charge is 2.47. The number of benzene rings is 2. The summed E-state index contributed by atoms with van der Waals surface area (Å²) in [6, 6.07) is 9.36. The summed E-state index contributed by atoms with van der Waals surface area (Å²) < 4.78 is 73.3. The van der Waals surface area contributed by atoms with Gasteiger partial charge in [0.15, 0.2) is 11.9 Å². The summed E-state index contributed by atoms with van der Waals surface area (Å²) in [7, 11) is 0. The van der Waals surface area contributed by atoms with Gasteiger partial charge in [0.1, 0.15) is 30.1 Å². The average Bonchev–Trinajstić information content (AvgIpc) is 3.78. The van der Waals surface area contributed by atoms with Gasteiger partial charge in [-0.25, -0.2) is 32.4 Å². The lowest BCUT2D eigenvalue weighted by Crippen LogP contribution is -2.47. The maximum atomic E-state index is 15.7. The highest BCUT2D eigenvalue weighted by Crippen LogP contribution is 2.42. The predicted molar refractivity (Wildman–Crippen MR) is 217 cm³/mol. The summed E-state index contributed by atoms with van der Waals surface area (Å²) in [5.41, 5.74) is -1.59. The number of carbonyl (C=O) groups excluding carboxylic acids is 3. The normalized spacial score (nSPS) is 20.7. The molecule has 61 heavy (non-hydrogen) atoms. The van der Waals surface area contributed by atoms with E-state index in [1.165, 1.54) is 66.6 Å². The van der Waals surface area contributed by atoms with Crippen LogP contribution in [0, 0.1) is 28.8 Å². The van der Waals surface area contributed by atoms with Crippen LogP contribution in [0.15, 0.2) is 79.4 Å². The van der Waals surface area contributed by atoms with E-state index in [2.05, 4.69) is 15.0 Å². The van der Waals surface area contributed by atoms with Crippen LogP contribution in [-0.4, -0.2) is 112 Å². The van der Waals surface area contributed by atoms with Gasteiger partial charge in [-0.2, -0.15) is 10.4 Å². The first kappa shape index (κ1) is 45.1. The zero-order chi connectivity index (χ0) is 43.2. The molecule has 3 aliphatic rings. The van der Waals surface area contributed by atoms with Gasteiger partial charge in [-0.1, -0.05) is 30.7 Å². The third kappa shape index (κ3) is 12.5. The second kappa shape index (κ2) is 21.9. The van der Waals surface area contributed by atoms with Gasteiger partial charge in [0.05, 0.1) is 36.6 Å². The number of amides is 1. The van der Waals surface area contributed by atoms with E-state index in [1.807, 2.05) is 6.07 Å². The van der Waals surface area contributed by atoms with Gasteiger partial charge in [-0.3, -0.25) is 4.79 Å². The second-order valence-corrected chi connectivity index (χ2v) is 16.3. The summed E-state index contributed by atoms with van der Waals surface area (Å²) in [6.45, 7) is 4.17. The zero-order valence-corrected chi connectivity index (χ0v) is 34.4. The van der Waals surface area contributed by atoms with Crippen molar-refractivity contribution in [3.63, 3.8) is 0 Å². The molecule has 0 bridgehead atoms. The second-order valence-electron chi connectivity index (χ2n) is 14.7. The molecule has 0 N–H and O–H groups in total. The summed E-state index contributed by atoms with van der Waals surface area (Å²) in [5, 5.41) is 11.9. The van der Waals surface area contributed by atoms with E-state index in [0.717, 1.165) is 56.3 Å². The number of aromatic nitrogens is 3. The molecule has 2 aromatic carbocycles.